The van der Waals surface area contributed by atoms with Gasteiger partial charge in [-0.05, 0) is 38.9 Å². The second-order valence-corrected chi connectivity index (χ2v) is 6.30. The number of thiazole rings is 1. The Bertz CT molecular complexity index is 676. The van der Waals surface area contributed by atoms with Crippen LogP contribution in [0.2, 0.25) is 0 Å². The van der Waals surface area contributed by atoms with E-state index in [4.69, 9.17) is 9.47 Å². The second-order valence-electron chi connectivity index (χ2n) is 5.31. The van der Waals surface area contributed by atoms with Crippen LogP contribution < -0.4 is 4.87 Å². The molecule has 1 aromatic carbocycles. The summed E-state index contributed by atoms with van der Waals surface area (Å²) in [6.07, 6.45) is 0.560. The lowest BCUT2D eigenvalue weighted by molar-refractivity contribution is -0.145. The lowest BCUT2D eigenvalue weighted by Crippen LogP contribution is -2.34. The molecule has 0 atom stereocenters. The van der Waals surface area contributed by atoms with E-state index in [9.17, 15) is 9.90 Å². The molecule has 1 aromatic heterocycles. The molecule has 0 spiro atoms. The standard InChI is InChI=1S/C16H24N2O4S/c1-4-21-13(22-5-2)10-18(3)9-8-11-6-7-12(19)14-15(11)23-16(20)17-14/h6-7,13,19H,4-5,8-10H2,1-3H3,(H,17,20). The summed E-state index contributed by atoms with van der Waals surface area (Å²) in [5, 5.41) is 9.82. The zero-order chi connectivity index (χ0) is 16.8. The molecule has 2 N–H and O–H groups in total. The quantitative estimate of drug-likeness (QED) is 0.684. The number of likely N-dealkylation sites (N-methyl/N-ethyl adjacent to an activating group) is 1. The Morgan fingerprint density at radius 1 is 1.30 bits per heavy atom. The summed E-state index contributed by atoms with van der Waals surface area (Å²) in [6, 6.07) is 3.50. The van der Waals surface area contributed by atoms with Crippen LogP contribution in [0.3, 0.4) is 0 Å². The lowest BCUT2D eigenvalue weighted by Gasteiger charge is -2.23. The number of hydrogen-bond donors (Lipinski definition) is 2. The zero-order valence-electron chi connectivity index (χ0n) is 13.8. The Hall–Kier alpha value is -1.41. The molecule has 0 saturated carbocycles. The van der Waals surface area contributed by atoms with Crippen molar-refractivity contribution in [3.05, 3.63) is 27.4 Å². The van der Waals surface area contributed by atoms with E-state index in [2.05, 4.69) is 9.88 Å². The number of fused-ring (bicyclic) bond motifs is 1. The van der Waals surface area contributed by atoms with Gasteiger partial charge in [-0.3, -0.25) is 4.79 Å². The average Bonchev–Trinajstić information content (AvgIpc) is 2.90. The number of H-pyrrole nitrogens is 1. The third kappa shape index (κ3) is 4.78. The van der Waals surface area contributed by atoms with Crippen LogP contribution in [0.1, 0.15) is 19.4 Å². The number of hydrogen-bond acceptors (Lipinski definition) is 6. The molecule has 0 aliphatic carbocycles. The first-order valence-corrected chi connectivity index (χ1v) is 8.62. The summed E-state index contributed by atoms with van der Waals surface area (Å²) < 4.78 is 11.9. The van der Waals surface area contributed by atoms with E-state index in [1.807, 2.05) is 27.0 Å². The summed E-state index contributed by atoms with van der Waals surface area (Å²) in [5.41, 5.74) is 1.58. The van der Waals surface area contributed by atoms with Gasteiger partial charge in [0.2, 0.25) is 0 Å². The molecule has 7 heteroatoms. The van der Waals surface area contributed by atoms with Crippen LogP contribution >= 0.6 is 11.3 Å². The molecule has 128 valence electrons. The van der Waals surface area contributed by atoms with Crippen molar-refractivity contribution in [2.75, 3.05) is 33.4 Å². The number of rotatable bonds is 9. The number of aromatic nitrogens is 1. The summed E-state index contributed by atoms with van der Waals surface area (Å²) in [7, 11) is 2.02. The molecule has 0 bridgehead atoms. The number of nitrogens with zero attached hydrogens (tertiary/aromatic N) is 1. The van der Waals surface area contributed by atoms with E-state index in [0.29, 0.717) is 25.3 Å². The molecule has 2 aromatic rings. The largest absolute Gasteiger partial charge is 0.506 e. The average molecular weight is 340 g/mol. The van der Waals surface area contributed by atoms with Crippen molar-refractivity contribution in [2.45, 2.75) is 26.6 Å². The maximum Gasteiger partial charge on any atom is 0.305 e. The number of phenols is 1. The van der Waals surface area contributed by atoms with Crippen LogP contribution in [0, 0.1) is 0 Å². The maximum absolute atomic E-state index is 11.5. The highest BCUT2D eigenvalue weighted by Gasteiger charge is 2.13. The van der Waals surface area contributed by atoms with Crippen molar-refractivity contribution < 1.29 is 14.6 Å². The van der Waals surface area contributed by atoms with Crippen LogP contribution in [0.25, 0.3) is 10.2 Å². The van der Waals surface area contributed by atoms with Gasteiger partial charge in [0.25, 0.3) is 0 Å². The van der Waals surface area contributed by atoms with Crippen LogP contribution in [0.5, 0.6) is 5.75 Å². The van der Waals surface area contributed by atoms with Gasteiger partial charge < -0.3 is 24.5 Å². The molecule has 0 radical (unpaired) electrons. The summed E-state index contributed by atoms with van der Waals surface area (Å²) >= 11 is 1.14. The van der Waals surface area contributed by atoms with Gasteiger partial charge in [0, 0.05) is 26.3 Å². The van der Waals surface area contributed by atoms with Crippen LogP contribution in [-0.2, 0) is 15.9 Å². The van der Waals surface area contributed by atoms with Crippen LogP contribution in [0.15, 0.2) is 16.9 Å². The molecular formula is C16H24N2O4S. The van der Waals surface area contributed by atoms with Crippen molar-refractivity contribution in [2.24, 2.45) is 0 Å². The van der Waals surface area contributed by atoms with Crippen molar-refractivity contribution in [1.82, 2.24) is 9.88 Å². The summed E-state index contributed by atoms with van der Waals surface area (Å²) in [6.45, 7) is 6.64. The monoisotopic (exact) mass is 340 g/mol. The van der Waals surface area contributed by atoms with Crippen molar-refractivity contribution in [3.63, 3.8) is 0 Å². The number of aromatic hydroxyl groups is 1. The lowest BCUT2D eigenvalue weighted by atomic mass is 10.1. The van der Waals surface area contributed by atoms with Crippen molar-refractivity contribution >= 4 is 21.6 Å². The zero-order valence-corrected chi connectivity index (χ0v) is 14.6. The van der Waals surface area contributed by atoms with E-state index in [1.54, 1.807) is 6.07 Å². The first-order valence-electron chi connectivity index (χ1n) is 7.80. The highest BCUT2D eigenvalue weighted by molar-refractivity contribution is 7.16. The fraction of sp³-hybridized carbons (Fsp3) is 0.562. The molecule has 0 amide bonds. The minimum Gasteiger partial charge on any atom is -0.506 e. The molecule has 23 heavy (non-hydrogen) atoms. The van der Waals surface area contributed by atoms with Crippen LogP contribution in [-0.4, -0.2) is 54.6 Å². The third-order valence-corrected chi connectivity index (χ3v) is 4.53. The van der Waals surface area contributed by atoms with E-state index >= 15 is 0 Å². The van der Waals surface area contributed by atoms with Gasteiger partial charge >= 0.3 is 4.87 Å². The van der Waals surface area contributed by atoms with Crippen molar-refractivity contribution in [1.29, 1.82) is 0 Å². The Kier molecular flexibility index (Phi) is 6.59. The molecule has 0 unspecified atom stereocenters. The minimum absolute atomic E-state index is 0.114. The van der Waals surface area contributed by atoms with Gasteiger partial charge in [-0.2, -0.15) is 0 Å². The Morgan fingerprint density at radius 3 is 2.65 bits per heavy atom. The molecule has 0 fully saturated rings. The molecule has 0 aliphatic rings. The summed E-state index contributed by atoms with van der Waals surface area (Å²) in [4.78, 5) is 16.2. The first kappa shape index (κ1) is 17.9. The van der Waals surface area contributed by atoms with E-state index in [0.717, 1.165) is 34.6 Å². The van der Waals surface area contributed by atoms with Gasteiger partial charge in [0.15, 0.2) is 6.29 Å². The Balaban J connectivity index is 2.00. The minimum atomic E-state index is -0.224. The SMILES string of the molecule is CCOC(CN(C)CCc1ccc(O)c2[nH]c(=O)sc12)OCC. The van der Waals surface area contributed by atoms with Gasteiger partial charge in [-0.15, -0.1) is 0 Å². The predicted octanol–water partition coefficient (Wildman–Crippen LogP) is 2.17. The van der Waals surface area contributed by atoms with Gasteiger partial charge in [-0.25, -0.2) is 0 Å². The number of aromatic amines is 1. The van der Waals surface area contributed by atoms with Crippen molar-refractivity contribution in [3.8, 4) is 5.75 Å². The predicted molar refractivity (Wildman–Crippen MR) is 92.4 cm³/mol. The third-order valence-electron chi connectivity index (χ3n) is 3.57. The van der Waals surface area contributed by atoms with Gasteiger partial charge in [0.1, 0.15) is 11.3 Å². The molecule has 1 heterocycles. The molecule has 0 aliphatic heterocycles. The molecule has 0 saturated heterocycles. The first-order chi connectivity index (χ1) is 11.0. The molecule has 2 rings (SSSR count). The molecular weight excluding hydrogens is 316 g/mol. The van der Waals surface area contributed by atoms with E-state index in [1.165, 1.54) is 0 Å². The normalized spacial score (nSPS) is 11.9. The fourth-order valence-corrected chi connectivity index (χ4v) is 3.35. The second kappa shape index (κ2) is 8.44. The smallest absolute Gasteiger partial charge is 0.305 e. The fourth-order valence-electron chi connectivity index (χ4n) is 2.45. The van der Waals surface area contributed by atoms with Gasteiger partial charge in [0.05, 0.1) is 4.70 Å². The summed E-state index contributed by atoms with van der Waals surface area (Å²) in [5.74, 6) is 0.114. The highest BCUT2D eigenvalue weighted by Crippen LogP contribution is 2.28. The Morgan fingerprint density at radius 2 is 2.00 bits per heavy atom. The van der Waals surface area contributed by atoms with Crippen LogP contribution in [0.4, 0.5) is 0 Å². The highest BCUT2D eigenvalue weighted by atomic mass is 32.1. The van der Waals surface area contributed by atoms with Gasteiger partial charge in [-0.1, -0.05) is 17.4 Å². The maximum atomic E-state index is 11.5. The van der Waals surface area contributed by atoms with E-state index in [-0.39, 0.29) is 16.9 Å². The number of nitrogens with one attached hydrogen (secondary N) is 1. The molecule has 6 nitrogen and oxygen atoms in total. The topological polar surface area (TPSA) is 74.8 Å². The number of benzene rings is 1. The Labute approximate surface area is 139 Å². The number of phenolic OH excluding ortho intramolecular Hbond substituents is 1. The number of ether oxygens (including phenoxy) is 2. The van der Waals surface area contributed by atoms with E-state index < -0.39 is 0 Å².